The monoisotopic (exact) mass is 288 g/mol. The molecular weight excluding hydrogens is 260 g/mol. The topological polar surface area (TPSA) is 34.2 Å². The summed E-state index contributed by atoms with van der Waals surface area (Å²) in [5.74, 6) is 0.729. The van der Waals surface area contributed by atoms with Crippen molar-refractivity contribution < 1.29 is 4.74 Å². The Hall–Kier alpha value is -0.930. The van der Waals surface area contributed by atoms with Crippen LogP contribution < -0.4 is 5.32 Å². The van der Waals surface area contributed by atoms with Crippen LogP contribution >= 0.6 is 0 Å². The number of pyridine rings is 1. The number of nitrogens with one attached hydrogen (secondary N) is 1. The van der Waals surface area contributed by atoms with Gasteiger partial charge in [-0.25, -0.2) is 0 Å². The summed E-state index contributed by atoms with van der Waals surface area (Å²) in [6.07, 6.45) is 10.5. The van der Waals surface area contributed by atoms with Crippen molar-refractivity contribution in [3.63, 3.8) is 0 Å². The molecule has 2 atom stereocenters. The molecule has 3 nitrogen and oxygen atoms in total. The Kier molecular flexibility index (Phi) is 4.91. The van der Waals surface area contributed by atoms with E-state index in [1.807, 2.05) is 12.3 Å². The smallest absolute Gasteiger partial charge is 0.0685 e. The average molecular weight is 288 g/mol. The molecule has 1 saturated heterocycles. The van der Waals surface area contributed by atoms with E-state index in [4.69, 9.17) is 4.74 Å². The number of hydrogen-bond donors (Lipinski definition) is 1. The first-order valence-corrected chi connectivity index (χ1v) is 8.58. The second-order valence-corrected chi connectivity index (χ2v) is 6.72. The zero-order valence-electron chi connectivity index (χ0n) is 13.2. The predicted octanol–water partition coefficient (Wildman–Crippen LogP) is 3.34. The number of aromatic nitrogens is 1. The highest BCUT2D eigenvalue weighted by Gasteiger charge is 2.44. The van der Waals surface area contributed by atoms with Crippen molar-refractivity contribution in [3.05, 3.63) is 30.1 Å². The van der Waals surface area contributed by atoms with Crippen LogP contribution in [0.1, 0.15) is 51.1 Å². The molecule has 1 N–H and O–H groups in total. The van der Waals surface area contributed by atoms with Crippen molar-refractivity contribution in [1.29, 1.82) is 0 Å². The van der Waals surface area contributed by atoms with Gasteiger partial charge in [0.15, 0.2) is 0 Å². The van der Waals surface area contributed by atoms with Crippen molar-refractivity contribution >= 4 is 0 Å². The minimum absolute atomic E-state index is 0.235. The minimum atomic E-state index is 0.235. The SMILES string of the molecule is CCCNC(Cc1ccccn1)C1CCOC2(CCC2)C1. The standard InChI is InChI=1S/C18H28N2O/c1-2-10-20-17(13-16-6-3-4-11-19-16)15-7-12-21-18(14-15)8-5-9-18/h3-4,6,11,15,17,20H,2,5,7-10,12-14H2,1H3. The van der Waals surface area contributed by atoms with Crippen LogP contribution in [0.15, 0.2) is 24.4 Å². The van der Waals surface area contributed by atoms with Crippen LogP contribution in [0.25, 0.3) is 0 Å². The number of nitrogens with zero attached hydrogens (tertiary/aromatic N) is 1. The van der Waals surface area contributed by atoms with E-state index < -0.39 is 0 Å². The fraction of sp³-hybridized carbons (Fsp3) is 0.722. The van der Waals surface area contributed by atoms with Crippen molar-refractivity contribution in [1.82, 2.24) is 10.3 Å². The predicted molar refractivity (Wildman–Crippen MR) is 85.3 cm³/mol. The fourth-order valence-electron chi connectivity index (χ4n) is 3.81. The zero-order chi connectivity index (χ0) is 14.5. The van der Waals surface area contributed by atoms with E-state index >= 15 is 0 Å². The highest BCUT2D eigenvalue weighted by molar-refractivity contribution is 5.07. The molecule has 2 aliphatic rings. The molecule has 2 fully saturated rings. The molecule has 116 valence electrons. The van der Waals surface area contributed by atoms with E-state index in [0.29, 0.717) is 6.04 Å². The Morgan fingerprint density at radius 1 is 1.43 bits per heavy atom. The van der Waals surface area contributed by atoms with Crippen LogP contribution in [-0.4, -0.2) is 29.8 Å². The molecule has 1 aromatic heterocycles. The van der Waals surface area contributed by atoms with Gasteiger partial charge in [-0.2, -0.15) is 0 Å². The third kappa shape index (κ3) is 3.64. The summed E-state index contributed by atoms with van der Waals surface area (Å²) in [4.78, 5) is 4.52. The van der Waals surface area contributed by atoms with Gasteiger partial charge in [0.2, 0.25) is 0 Å². The van der Waals surface area contributed by atoms with Crippen molar-refractivity contribution in [3.8, 4) is 0 Å². The van der Waals surface area contributed by atoms with Gasteiger partial charge in [0.1, 0.15) is 0 Å². The molecule has 3 rings (SSSR count). The van der Waals surface area contributed by atoms with Gasteiger partial charge >= 0.3 is 0 Å². The Morgan fingerprint density at radius 2 is 2.33 bits per heavy atom. The minimum Gasteiger partial charge on any atom is -0.375 e. The molecular formula is C18H28N2O. The Balaban J connectivity index is 1.66. The highest BCUT2D eigenvalue weighted by Crippen LogP contribution is 2.45. The molecule has 0 aromatic carbocycles. The molecule has 0 bridgehead atoms. The van der Waals surface area contributed by atoms with Crippen LogP contribution in [0, 0.1) is 5.92 Å². The van der Waals surface area contributed by atoms with Gasteiger partial charge in [0.25, 0.3) is 0 Å². The summed E-state index contributed by atoms with van der Waals surface area (Å²) >= 11 is 0. The molecule has 2 unspecified atom stereocenters. The number of hydrogen-bond acceptors (Lipinski definition) is 3. The van der Waals surface area contributed by atoms with Crippen LogP contribution in [0.2, 0.25) is 0 Å². The van der Waals surface area contributed by atoms with Gasteiger partial charge in [-0.3, -0.25) is 4.98 Å². The van der Waals surface area contributed by atoms with Gasteiger partial charge in [0.05, 0.1) is 5.60 Å². The third-order valence-corrected chi connectivity index (χ3v) is 5.18. The Morgan fingerprint density at radius 3 is 3.00 bits per heavy atom. The number of rotatable bonds is 6. The molecule has 21 heavy (non-hydrogen) atoms. The van der Waals surface area contributed by atoms with Gasteiger partial charge in [-0.15, -0.1) is 0 Å². The molecule has 0 radical (unpaired) electrons. The normalized spacial score (nSPS) is 25.5. The largest absolute Gasteiger partial charge is 0.375 e. The van der Waals surface area contributed by atoms with E-state index in [1.165, 1.54) is 44.2 Å². The van der Waals surface area contributed by atoms with E-state index in [9.17, 15) is 0 Å². The highest BCUT2D eigenvalue weighted by atomic mass is 16.5. The second-order valence-electron chi connectivity index (χ2n) is 6.72. The Bertz CT molecular complexity index is 430. The van der Waals surface area contributed by atoms with E-state index in [2.05, 4.69) is 29.4 Å². The van der Waals surface area contributed by atoms with Crippen LogP contribution in [0.3, 0.4) is 0 Å². The quantitative estimate of drug-likeness (QED) is 0.871. The van der Waals surface area contributed by atoms with Crippen molar-refractivity contribution in [2.24, 2.45) is 5.92 Å². The average Bonchev–Trinajstić information content (AvgIpc) is 2.51. The summed E-state index contributed by atoms with van der Waals surface area (Å²) < 4.78 is 6.09. The molecule has 1 aliphatic carbocycles. The molecule has 1 spiro atoms. The summed E-state index contributed by atoms with van der Waals surface area (Å²) in [5.41, 5.74) is 1.44. The summed E-state index contributed by atoms with van der Waals surface area (Å²) in [7, 11) is 0. The lowest BCUT2D eigenvalue weighted by molar-refractivity contribution is -0.147. The van der Waals surface area contributed by atoms with Crippen LogP contribution in [0.5, 0.6) is 0 Å². The van der Waals surface area contributed by atoms with E-state index in [1.54, 1.807) is 0 Å². The lowest BCUT2D eigenvalue weighted by atomic mass is 9.70. The lowest BCUT2D eigenvalue weighted by Gasteiger charge is -2.49. The molecule has 3 heteroatoms. The summed E-state index contributed by atoms with van der Waals surface area (Å²) in [5, 5.41) is 3.78. The zero-order valence-corrected chi connectivity index (χ0v) is 13.2. The Labute approximate surface area is 128 Å². The molecule has 1 saturated carbocycles. The molecule has 0 amide bonds. The fourth-order valence-corrected chi connectivity index (χ4v) is 3.81. The van der Waals surface area contributed by atoms with Gasteiger partial charge in [-0.05, 0) is 63.1 Å². The first-order chi connectivity index (χ1) is 10.3. The van der Waals surface area contributed by atoms with Crippen molar-refractivity contribution in [2.45, 2.75) is 63.5 Å². The maximum absolute atomic E-state index is 6.09. The molecule has 1 aliphatic heterocycles. The first-order valence-electron chi connectivity index (χ1n) is 8.58. The van der Waals surface area contributed by atoms with Gasteiger partial charge < -0.3 is 10.1 Å². The number of ether oxygens (including phenoxy) is 1. The third-order valence-electron chi connectivity index (χ3n) is 5.18. The van der Waals surface area contributed by atoms with Gasteiger partial charge in [0, 0.05) is 31.0 Å². The summed E-state index contributed by atoms with van der Waals surface area (Å²) in [6, 6.07) is 6.78. The molecule has 1 aromatic rings. The van der Waals surface area contributed by atoms with Crippen molar-refractivity contribution in [2.75, 3.05) is 13.2 Å². The van der Waals surface area contributed by atoms with Crippen LogP contribution in [0.4, 0.5) is 0 Å². The van der Waals surface area contributed by atoms with Gasteiger partial charge in [-0.1, -0.05) is 13.0 Å². The van der Waals surface area contributed by atoms with E-state index in [-0.39, 0.29) is 5.60 Å². The summed E-state index contributed by atoms with van der Waals surface area (Å²) in [6.45, 7) is 4.28. The lowest BCUT2D eigenvalue weighted by Crippen LogP contribution is -2.51. The second kappa shape index (κ2) is 6.89. The van der Waals surface area contributed by atoms with E-state index in [0.717, 1.165) is 25.5 Å². The maximum atomic E-state index is 6.09. The van der Waals surface area contributed by atoms with Crippen LogP contribution in [-0.2, 0) is 11.2 Å². The first kappa shape index (κ1) is 15.0. The molecule has 2 heterocycles. The maximum Gasteiger partial charge on any atom is 0.0685 e.